The number of aromatic amines is 1. The summed E-state index contributed by atoms with van der Waals surface area (Å²) in [7, 11) is 0. The molecule has 7 heteroatoms. The van der Waals surface area contributed by atoms with E-state index in [1.807, 2.05) is 0 Å². The van der Waals surface area contributed by atoms with Crippen molar-refractivity contribution in [1.82, 2.24) is 25.6 Å². The molecule has 0 saturated carbocycles. The fourth-order valence-electron chi connectivity index (χ4n) is 1.39. The van der Waals surface area contributed by atoms with Crippen molar-refractivity contribution in [2.45, 2.75) is 19.8 Å². The molecular weight excluding hydrogens is 208 g/mol. The fourth-order valence-corrected chi connectivity index (χ4v) is 1.39. The second kappa shape index (κ2) is 4.84. The molecule has 3 N–H and O–H groups in total. The second-order valence-corrected chi connectivity index (χ2v) is 3.58. The number of nitrogens with two attached hydrogens (primary N) is 1. The maximum Gasteiger partial charge on any atom is 0.227 e. The number of hydrogen-bond acceptors (Lipinski definition) is 6. The first-order valence-electron chi connectivity index (χ1n) is 5.22. The van der Waals surface area contributed by atoms with Crippen molar-refractivity contribution < 1.29 is 4.52 Å². The average molecular weight is 222 g/mol. The molecule has 2 aromatic heterocycles. The van der Waals surface area contributed by atoms with E-state index in [0.717, 1.165) is 6.42 Å². The van der Waals surface area contributed by atoms with Gasteiger partial charge in [-0.25, -0.2) is 0 Å². The molecule has 0 fully saturated rings. The molecule has 16 heavy (non-hydrogen) atoms. The predicted octanol–water partition coefficient (Wildman–Crippen LogP) is 0.382. The molecule has 1 unspecified atom stereocenters. The normalized spacial score (nSPS) is 12.9. The van der Waals surface area contributed by atoms with Crippen molar-refractivity contribution in [1.29, 1.82) is 0 Å². The Balaban J connectivity index is 2.08. The summed E-state index contributed by atoms with van der Waals surface area (Å²) in [5.41, 5.74) is 6.19. The first-order chi connectivity index (χ1) is 7.83. The van der Waals surface area contributed by atoms with Crippen LogP contribution in [0.5, 0.6) is 0 Å². The Morgan fingerprint density at radius 2 is 2.44 bits per heavy atom. The third-order valence-electron chi connectivity index (χ3n) is 2.49. The number of H-pyrrole nitrogens is 1. The van der Waals surface area contributed by atoms with Crippen LogP contribution in [0, 0.1) is 5.92 Å². The molecule has 0 aliphatic rings. The summed E-state index contributed by atoms with van der Waals surface area (Å²) in [6.45, 7) is 2.71. The number of nitrogens with one attached hydrogen (secondary N) is 1. The van der Waals surface area contributed by atoms with Crippen molar-refractivity contribution in [2.75, 3.05) is 6.54 Å². The predicted molar refractivity (Wildman–Crippen MR) is 56.2 cm³/mol. The minimum Gasteiger partial charge on any atom is -0.339 e. The molecule has 0 aliphatic heterocycles. The molecule has 0 radical (unpaired) electrons. The number of nitrogens with zero attached hydrogens (tertiary/aromatic N) is 4. The Morgan fingerprint density at radius 3 is 3.06 bits per heavy atom. The van der Waals surface area contributed by atoms with E-state index < -0.39 is 0 Å². The number of hydrogen-bond donors (Lipinski definition) is 2. The SMILES string of the molecule is CCC(CN)Cc1nc(-c2cn[nH]n2)no1. The van der Waals surface area contributed by atoms with E-state index >= 15 is 0 Å². The van der Waals surface area contributed by atoms with Crippen molar-refractivity contribution in [3.05, 3.63) is 12.1 Å². The summed E-state index contributed by atoms with van der Waals surface area (Å²) in [6, 6.07) is 0. The van der Waals surface area contributed by atoms with Crippen LogP contribution in [0.3, 0.4) is 0 Å². The highest BCUT2D eigenvalue weighted by Crippen LogP contribution is 2.14. The topological polar surface area (TPSA) is 107 Å². The van der Waals surface area contributed by atoms with E-state index in [0.29, 0.717) is 36.3 Å². The van der Waals surface area contributed by atoms with Crippen molar-refractivity contribution >= 4 is 0 Å². The van der Waals surface area contributed by atoms with Gasteiger partial charge in [0.15, 0.2) is 5.69 Å². The van der Waals surface area contributed by atoms with Gasteiger partial charge in [0.05, 0.1) is 6.20 Å². The molecule has 0 saturated heterocycles. The summed E-state index contributed by atoms with van der Waals surface area (Å²) < 4.78 is 5.12. The van der Waals surface area contributed by atoms with Gasteiger partial charge >= 0.3 is 0 Å². The lowest BCUT2D eigenvalue weighted by Gasteiger charge is -2.07. The monoisotopic (exact) mass is 222 g/mol. The van der Waals surface area contributed by atoms with Crippen LogP contribution in [-0.2, 0) is 6.42 Å². The molecule has 7 nitrogen and oxygen atoms in total. The minimum absolute atomic E-state index is 0.380. The molecule has 2 heterocycles. The molecule has 0 spiro atoms. The first kappa shape index (κ1) is 10.7. The standard InChI is InChI=1S/C9H14N6O/c1-2-6(4-10)3-8-12-9(14-16-8)7-5-11-15-13-7/h5-6H,2-4,10H2,1H3,(H,11,13,15). The maximum atomic E-state index is 5.62. The lowest BCUT2D eigenvalue weighted by atomic mass is 10.0. The van der Waals surface area contributed by atoms with Crippen LogP contribution in [0.15, 0.2) is 10.7 Å². The highest BCUT2D eigenvalue weighted by molar-refractivity contribution is 5.44. The van der Waals surface area contributed by atoms with E-state index in [1.54, 1.807) is 6.20 Å². The zero-order valence-electron chi connectivity index (χ0n) is 9.05. The van der Waals surface area contributed by atoms with Crippen LogP contribution in [0.4, 0.5) is 0 Å². The molecule has 0 aromatic carbocycles. The Bertz CT molecular complexity index is 419. The van der Waals surface area contributed by atoms with Gasteiger partial charge in [-0.3, -0.25) is 0 Å². The zero-order chi connectivity index (χ0) is 11.4. The van der Waals surface area contributed by atoms with Gasteiger partial charge in [-0.1, -0.05) is 18.5 Å². The molecule has 2 aromatic rings. The van der Waals surface area contributed by atoms with Crippen LogP contribution in [0.1, 0.15) is 19.2 Å². The Labute approximate surface area is 92.4 Å². The summed E-state index contributed by atoms with van der Waals surface area (Å²) in [5.74, 6) is 1.43. The van der Waals surface area contributed by atoms with E-state index in [-0.39, 0.29) is 0 Å². The summed E-state index contributed by atoms with van der Waals surface area (Å²) >= 11 is 0. The van der Waals surface area contributed by atoms with Gasteiger partial charge < -0.3 is 10.3 Å². The minimum atomic E-state index is 0.380. The zero-order valence-corrected chi connectivity index (χ0v) is 9.05. The van der Waals surface area contributed by atoms with Gasteiger partial charge in [0.1, 0.15) is 0 Å². The van der Waals surface area contributed by atoms with Gasteiger partial charge in [0, 0.05) is 6.42 Å². The first-order valence-corrected chi connectivity index (χ1v) is 5.22. The van der Waals surface area contributed by atoms with Crippen molar-refractivity contribution in [3.63, 3.8) is 0 Å². The summed E-state index contributed by atoms with van der Waals surface area (Å²) in [5, 5.41) is 13.9. The Morgan fingerprint density at radius 1 is 1.56 bits per heavy atom. The van der Waals surface area contributed by atoms with Gasteiger partial charge in [0.25, 0.3) is 0 Å². The number of aromatic nitrogens is 5. The van der Waals surface area contributed by atoms with Crippen LogP contribution in [0.25, 0.3) is 11.5 Å². The maximum absolute atomic E-state index is 5.62. The lowest BCUT2D eigenvalue weighted by Crippen LogP contribution is -2.15. The van der Waals surface area contributed by atoms with Crippen LogP contribution in [0.2, 0.25) is 0 Å². The van der Waals surface area contributed by atoms with Crippen LogP contribution < -0.4 is 5.73 Å². The van der Waals surface area contributed by atoms with E-state index in [4.69, 9.17) is 10.3 Å². The van der Waals surface area contributed by atoms with Crippen molar-refractivity contribution in [3.8, 4) is 11.5 Å². The summed E-state index contributed by atoms with van der Waals surface area (Å²) in [4.78, 5) is 4.23. The third kappa shape index (κ3) is 2.25. The molecule has 86 valence electrons. The molecule has 0 aliphatic carbocycles. The van der Waals surface area contributed by atoms with Gasteiger partial charge in [-0.05, 0) is 12.5 Å². The molecule has 2 rings (SSSR count). The molecule has 0 amide bonds. The van der Waals surface area contributed by atoms with Gasteiger partial charge in [0.2, 0.25) is 11.7 Å². The average Bonchev–Trinajstić information content (AvgIpc) is 2.96. The van der Waals surface area contributed by atoms with Crippen LogP contribution >= 0.6 is 0 Å². The highest BCUT2D eigenvalue weighted by Gasteiger charge is 2.14. The molecule has 1 atom stereocenters. The molecular formula is C9H14N6O. The van der Waals surface area contributed by atoms with E-state index in [9.17, 15) is 0 Å². The van der Waals surface area contributed by atoms with E-state index in [1.165, 1.54) is 0 Å². The lowest BCUT2D eigenvalue weighted by molar-refractivity contribution is 0.350. The highest BCUT2D eigenvalue weighted by atomic mass is 16.5. The molecule has 0 bridgehead atoms. The van der Waals surface area contributed by atoms with Gasteiger partial charge in [-0.2, -0.15) is 20.4 Å². The van der Waals surface area contributed by atoms with Gasteiger partial charge in [-0.15, -0.1) is 0 Å². The second-order valence-electron chi connectivity index (χ2n) is 3.58. The van der Waals surface area contributed by atoms with Crippen molar-refractivity contribution in [2.24, 2.45) is 11.7 Å². The largest absolute Gasteiger partial charge is 0.339 e. The quantitative estimate of drug-likeness (QED) is 0.757. The Kier molecular flexibility index (Phi) is 3.25. The van der Waals surface area contributed by atoms with Crippen LogP contribution in [-0.4, -0.2) is 32.1 Å². The summed E-state index contributed by atoms with van der Waals surface area (Å²) in [6.07, 6.45) is 3.25. The third-order valence-corrected chi connectivity index (χ3v) is 2.49. The fraction of sp³-hybridized carbons (Fsp3) is 0.556. The number of rotatable bonds is 5. The Hall–Kier alpha value is -1.76. The van der Waals surface area contributed by atoms with E-state index in [2.05, 4.69) is 32.5 Å². The smallest absolute Gasteiger partial charge is 0.227 e.